The van der Waals surface area contributed by atoms with Gasteiger partial charge < -0.3 is 23.2 Å². The van der Waals surface area contributed by atoms with Gasteiger partial charge in [0.15, 0.2) is 17.3 Å². The van der Waals surface area contributed by atoms with Gasteiger partial charge in [0.1, 0.15) is 13.2 Å². The average Bonchev–Trinajstić information content (AvgIpc) is 3.52. The van der Waals surface area contributed by atoms with Crippen molar-refractivity contribution in [2.24, 2.45) is 0 Å². The minimum atomic E-state index is 0.0419. The van der Waals surface area contributed by atoms with Crippen LogP contribution in [-0.4, -0.2) is 46.5 Å². The average molecular weight is 413 g/mol. The Balaban J connectivity index is 1.25. The second kappa shape index (κ2) is 7.82. The second-order valence-electron chi connectivity index (χ2n) is 6.79. The third kappa shape index (κ3) is 3.69. The second-order valence-corrected chi connectivity index (χ2v) is 7.71. The number of carbonyl (C=O) groups is 1. The van der Waals surface area contributed by atoms with Gasteiger partial charge in [0, 0.05) is 6.54 Å². The van der Waals surface area contributed by atoms with Gasteiger partial charge in [0.2, 0.25) is 5.91 Å². The minimum absolute atomic E-state index is 0.0419. The van der Waals surface area contributed by atoms with Crippen LogP contribution < -0.4 is 9.47 Å². The minimum Gasteiger partial charge on any atom is -0.486 e. The highest BCUT2D eigenvalue weighted by Crippen LogP contribution is 2.38. The van der Waals surface area contributed by atoms with Crippen molar-refractivity contribution in [1.82, 2.24) is 15.1 Å². The molecule has 29 heavy (non-hydrogen) atoms. The number of hydrogen-bond donors (Lipinski definition) is 0. The normalized spacial score (nSPS) is 18.2. The van der Waals surface area contributed by atoms with Crippen molar-refractivity contribution in [3.8, 4) is 23.1 Å². The van der Waals surface area contributed by atoms with E-state index < -0.39 is 0 Å². The Morgan fingerprint density at radius 2 is 2.07 bits per heavy atom. The lowest BCUT2D eigenvalue weighted by molar-refractivity contribution is -0.129. The molecule has 1 amide bonds. The van der Waals surface area contributed by atoms with Crippen LogP contribution in [0.15, 0.2) is 50.7 Å². The first-order valence-electron chi connectivity index (χ1n) is 9.47. The molecule has 9 heteroatoms. The quantitative estimate of drug-likeness (QED) is 0.587. The van der Waals surface area contributed by atoms with E-state index in [0.29, 0.717) is 30.1 Å². The molecular formula is C20H19N3O5S. The standard InChI is InChI=1S/C20H19N3O5S/c24-18(12-29-20-22-21-19(28-20)16-4-2-8-25-16)23-7-1-3-14(23)13-5-6-15-17(11-13)27-10-9-26-15/h2,4-6,8,11,14H,1,3,7,9-10,12H2/t14-/m1/s1. The lowest BCUT2D eigenvalue weighted by Gasteiger charge is -2.26. The van der Waals surface area contributed by atoms with E-state index in [4.69, 9.17) is 18.3 Å². The summed E-state index contributed by atoms with van der Waals surface area (Å²) in [5.41, 5.74) is 1.07. The van der Waals surface area contributed by atoms with Gasteiger partial charge in [-0.25, -0.2) is 0 Å². The third-order valence-corrected chi connectivity index (χ3v) is 5.78. The zero-order chi connectivity index (χ0) is 19.6. The van der Waals surface area contributed by atoms with Crippen molar-refractivity contribution < 1.29 is 23.1 Å². The zero-order valence-corrected chi connectivity index (χ0v) is 16.4. The third-order valence-electron chi connectivity index (χ3n) is 4.98. The van der Waals surface area contributed by atoms with Crippen molar-refractivity contribution in [3.05, 3.63) is 42.2 Å². The van der Waals surface area contributed by atoms with Gasteiger partial charge in [0.25, 0.3) is 11.1 Å². The van der Waals surface area contributed by atoms with E-state index in [1.54, 1.807) is 18.4 Å². The number of carbonyl (C=O) groups excluding carboxylic acids is 1. The molecule has 0 aliphatic carbocycles. The van der Waals surface area contributed by atoms with Gasteiger partial charge in [-0.15, -0.1) is 10.2 Å². The summed E-state index contributed by atoms with van der Waals surface area (Å²) in [4.78, 5) is 14.8. The fourth-order valence-electron chi connectivity index (χ4n) is 3.65. The van der Waals surface area contributed by atoms with Gasteiger partial charge in [-0.05, 0) is 42.7 Å². The highest BCUT2D eigenvalue weighted by atomic mass is 32.2. The van der Waals surface area contributed by atoms with E-state index in [-0.39, 0.29) is 17.7 Å². The monoisotopic (exact) mass is 413 g/mol. The van der Waals surface area contributed by atoms with E-state index in [1.807, 2.05) is 23.1 Å². The first-order chi connectivity index (χ1) is 14.3. The molecule has 0 spiro atoms. The predicted octanol–water partition coefficient (Wildman–Crippen LogP) is 3.56. The summed E-state index contributed by atoms with van der Waals surface area (Å²) in [6.45, 7) is 1.85. The van der Waals surface area contributed by atoms with Crippen LogP contribution in [0, 0.1) is 0 Å². The number of ether oxygens (including phenoxy) is 2. The summed E-state index contributed by atoms with van der Waals surface area (Å²) >= 11 is 1.24. The van der Waals surface area contributed by atoms with Gasteiger partial charge in [-0.2, -0.15) is 0 Å². The van der Waals surface area contributed by atoms with Gasteiger partial charge in [-0.1, -0.05) is 17.8 Å². The number of aromatic nitrogens is 2. The van der Waals surface area contributed by atoms with Crippen LogP contribution in [0.1, 0.15) is 24.4 Å². The molecule has 3 aromatic rings. The van der Waals surface area contributed by atoms with E-state index in [9.17, 15) is 4.79 Å². The van der Waals surface area contributed by atoms with Crippen LogP contribution in [0.25, 0.3) is 11.7 Å². The lowest BCUT2D eigenvalue weighted by atomic mass is 10.0. The Hall–Kier alpha value is -2.94. The number of furan rings is 1. The van der Waals surface area contributed by atoms with E-state index in [2.05, 4.69) is 10.2 Å². The zero-order valence-electron chi connectivity index (χ0n) is 15.6. The number of rotatable bonds is 5. The molecule has 4 heterocycles. The molecule has 1 fully saturated rings. The van der Waals surface area contributed by atoms with Crippen LogP contribution in [0.3, 0.4) is 0 Å². The van der Waals surface area contributed by atoms with Crippen LogP contribution in [0.4, 0.5) is 0 Å². The molecule has 2 aliphatic heterocycles. The maximum atomic E-state index is 12.9. The summed E-state index contributed by atoms with van der Waals surface area (Å²) in [5, 5.41) is 8.28. The Kier molecular flexibility index (Phi) is 4.89. The highest BCUT2D eigenvalue weighted by Gasteiger charge is 2.31. The molecule has 0 saturated carbocycles. The Labute approximate surface area is 171 Å². The summed E-state index contributed by atoms with van der Waals surface area (Å²) in [6, 6.07) is 9.47. The summed E-state index contributed by atoms with van der Waals surface area (Å²) in [6.07, 6.45) is 3.44. The molecule has 2 aromatic heterocycles. The maximum absolute atomic E-state index is 12.9. The Morgan fingerprint density at radius 1 is 1.17 bits per heavy atom. The molecule has 0 N–H and O–H groups in total. The Morgan fingerprint density at radius 3 is 2.93 bits per heavy atom. The smallest absolute Gasteiger partial charge is 0.284 e. The van der Waals surface area contributed by atoms with Crippen molar-refractivity contribution in [2.75, 3.05) is 25.5 Å². The summed E-state index contributed by atoms with van der Waals surface area (Å²) < 4.78 is 22.1. The van der Waals surface area contributed by atoms with Gasteiger partial charge in [0.05, 0.1) is 18.1 Å². The van der Waals surface area contributed by atoms with Gasteiger partial charge in [-0.3, -0.25) is 4.79 Å². The lowest BCUT2D eigenvalue weighted by Crippen LogP contribution is -2.32. The van der Waals surface area contributed by atoms with Crippen LogP contribution in [0.5, 0.6) is 11.5 Å². The predicted molar refractivity (Wildman–Crippen MR) is 104 cm³/mol. The van der Waals surface area contributed by atoms with E-state index in [1.165, 1.54) is 11.8 Å². The number of fused-ring (bicyclic) bond motifs is 1. The van der Waals surface area contributed by atoms with Crippen molar-refractivity contribution in [2.45, 2.75) is 24.1 Å². The molecule has 2 aliphatic rings. The molecule has 1 aromatic carbocycles. The topological polar surface area (TPSA) is 90.8 Å². The molecule has 1 saturated heterocycles. The molecule has 0 radical (unpaired) electrons. The summed E-state index contributed by atoms with van der Waals surface area (Å²) in [5.74, 6) is 2.61. The first-order valence-corrected chi connectivity index (χ1v) is 10.5. The molecular weight excluding hydrogens is 394 g/mol. The molecule has 0 bridgehead atoms. The number of nitrogens with zero attached hydrogens (tertiary/aromatic N) is 3. The number of hydrogen-bond acceptors (Lipinski definition) is 8. The number of thioether (sulfide) groups is 1. The maximum Gasteiger partial charge on any atom is 0.284 e. The van der Waals surface area contributed by atoms with Gasteiger partial charge >= 0.3 is 0 Å². The van der Waals surface area contributed by atoms with Crippen LogP contribution in [-0.2, 0) is 4.79 Å². The fraction of sp³-hybridized carbons (Fsp3) is 0.350. The summed E-state index contributed by atoms with van der Waals surface area (Å²) in [7, 11) is 0. The number of amides is 1. The van der Waals surface area contributed by atoms with Crippen LogP contribution >= 0.6 is 11.8 Å². The highest BCUT2D eigenvalue weighted by molar-refractivity contribution is 7.99. The molecule has 1 atom stereocenters. The fourth-order valence-corrected chi connectivity index (χ4v) is 4.30. The largest absolute Gasteiger partial charge is 0.486 e. The Bertz CT molecular complexity index is 1000. The van der Waals surface area contributed by atoms with Crippen molar-refractivity contribution in [1.29, 1.82) is 0 Å². The van der Waals surface area contributed by atoms with Crippen LogP contribution in [0.2, 0.25) is 0 Å². The molecule has 8 nitrogen and oxygen atoms in total. The SMILES string of the molecule is O=C(CSc1nnc(-c2ccco2)o1)N1CCC[C@@H]1c1ccc2c(c1)OCCO2. The number of likely N-dealkylation sites (tertiary alicyclic amines) is 1. The molecule has 0 unspecified atom stereocenters. The molecule has 150 valence electrons. The number of benzene rings is 1. The molecule has 5 rings (SSSR count). The van der Waals surface area contributed by atoms with E-state index in [0.717, 1.165) is 36.4 Å². The van der Waals surface area contributed by atoms with Crippen molar-refractivity contribution in [3.63, 3.8) is 0 Å². The first kappa shape index (κ1) is 18.1. The van der Waals surface area contributed by atoms with Crippen molar-refractivity contribution >= 4 is 17.7 Å². The van der Waals surface area contributed by atoms with E-state index >= 15 is 0 Å².